The van der Waals surface area contributed by atoms with Crippen LogP contribution in [0.1, 0.15) is 19.0 Å². The quantitative estimate of drug-likeness (QED) is 0.518. The zero-order chi connectivity index (χ0) is 9.68. The van der Waals surface area contributed by atoms with Gasteiger partial charge >= 0.3 is 0 Å². The van der Waals surface area contributed by atoms with Crippen LogP contribution >= 0.6 is 0 Å². The van der Waals surface area contributed by atoms with E-state index in [0.717, 1.165) is 12.1 Å². The van der Waals surface area contributed by atoms with Crippen LogP contribution in [-0.4, -0.2) is 16.4 Å². The van der Waals surface area contributed by atoms with Gasteiger partial charge in [-0.3, -0.25) is 4.68 Å². The van der Waals surface area contributed by atoms with Gasteiger partial charge in [0.2, 0.25) is 5.88 Å². The molecule has 1 heterocycles. The molecule has 0 saturated carbocycles. The maximum Gasteiger partial charge on any atom is 0.233 e. The molecule has 1 aromatic heterocycles. The van der Waals surface area contributed by atoms with Crippen molar-refractivity contribution in [2.75, 3.05) is 6.61 Å². The molecule has 0 aliphatic rings. The third-order valence-corrected chi connectivity index (χ3v) is 1.75. The molecular formula is C10H14N2O. The number of aromatic nitrogens is 2. The van der Waals surface area contributed by atoms with E-state index in [9.17, 15) is 0 Å². The van der Waals surface area contributed by atoms with Crippen molar-refractivity contribution in [3.05, 3.63) is 11.8 Å². The van der Waals surface area contributed by atoms with Crippen LogP contribution in [0, 0.1) is 18.8 Å². The van der Waals surface area contributed by atoms with Gasteiger partial charge in [0.25, 0.3) is 0 Å². The molecule has 0 bridgehead atoms. The van der Waals surface area contributed by atoms with Crippen LogP contribution in [0.4, 0.5) is 0 Å². The van der Waals surface area contributed by atoms with Crippen molar-refractivity contribution in [2.24, 2.45) is 7.05 Å². The first-order chi connectivity index (χ1) is 6.24. The van der Waals surface area contributed by atoms with Crippen LogP contribution in [0.25, 0.3) is 0 Å². The molecule has 0 saturated heterocycles. The van der Waals surface area contributed by atoms with Gasteiger partial charge < -0.3 is 4.74 Å². The van der Waals surface area contributed by atoms with Crippen molar-refractivity contribution < 1.29 is 4.74 Å². The highest BCUT2D eigenvalue weighted by Crippen LogP contribution is 2.09. The molecule has 13 heavy (non-hydrogen) atoms. The predicted octanol–water partition coefficient (Wildman–Crippen LogP) is 1.52. The number of rotatable bonds is 3. The van der Waals surface area contributed by atoms with Crippen LogP contribution in [-0.2, 0) is 7.05 Å². The van der Waals surface area contributed by atoms with E-state index in [2.05, 4.69) is 16.9 Å². The average Bonchev–Trinajstić information content (AvgIpc) is 2.41. The third kappa shape index (κ3) is 2.83. The summed E-state index contributed by atoms with van der Waals surface area (Å²) in [5.74, 6) is 6.42. The molecule has 0 aromatic carbocycles. The van der Waals surface area contributed by atoms with E-state index in [1.807, 2.05) is 27.0 Å². The minimum atomic E-state index is 0.608. The number of hydrogen-bond donors (Lipinski definition) is 0. The molecule has 0 N–H and O–H groups in total. The topological polar surface area (TPSA) is 27.1 Å². The zero-order valence-corrected chi connectivity index (χ0v) is 8.29. The fourth-order valence-corrected chi connectivity index (χ4v) is 0.930. The van der Waals surface area contributed by atoms with Gasteiger partial charge in [-0.05, 0) is 13.8 Å². The number of nitrogens with zero attached hydrogens (tertiary/aromatic N) is 2. The lowest BCUT2D eigenvalue weighted by Crippen LogP contribution is -1.97. The summed E-state index contributed by atoms with van der Waals surface area (Å²) in [5.41, 5.74) is 1.09. The summed E-state index contributed by atoms with van der Waals surface area (Å²) in [7, 11) is 1.90. The van der Waals surface area contributed by atoms with Gasteiger partial charge in [-0.15, -0.1) is 16.9 Å². The van der Waals surface area contributed by atoms with E-state index < -0.39 is 0 Å². The molecule has 1 aromatic rings. The van der Waals surface area contributed by atoms with Gasteiger partial charge in [-0.1, -0.05) is 0 Å². The van der Waals surface area contributed by atoms with Crippen molar-refractivity contribution in [3.8, 4) is 17.7 Å². The molecule has 0 aliphatic heterocycles. The summed E-state index contributed by atoms with van der Waals surface area (Å²) >= 11 is 0. The fourth-order valence-electron chi connectivity index (χ4n) is 0.930. The first-order valence-electron chi connectivity index (χ1n) is 4.27. The Morgan fingerprint density at radius 2 is 2.38 bits per heavy atom. The Morgan fingerprint density at radius 1 is 1.62 bits per heavy atom. The highest BCUT2D eigenvalue weighted by Gasteiger charge is 1.99. The maximum atomic E-state index is 5.38. The molecule has 0 atom stereocenters. The molecule has 0 unspecified atom stereocenters. The van der Waals surface area contributed by atoms with E-state index in [0.29, 0.717) is 12.5 Å². The van der Waals surface area contributed by atoms with Crippen molar-refractivity contribution in [2.45, 2.75) is 20.3 Å². The molecule has 0 aliphatic carbocycles. The third-order valence-electron chi connectivity index (χ3n) is 1.75. The molecule has 0 radical (unpaired) electrons. The lowest BCUT2D eigenvalue weighted by atomic mass is 10.4. The lowest BCUT2D eigenvalue weighted by Gasteiger charge is -1.96. The molecule has 3 nitrogen and oxygen atoms in total. The van der Waals surface area contributed by atoms with Gasteiger partial charge in [0, 0.05) is 25.2 Å². The monoisotopic (exact) mass is 178 g/mol. The van der Waals surface area contributed by atoms with E-state index in [4.69, 9.17) is 4.74 Å². The Bertz CT molecular complexity index is 311. The van der Waals surface area contributed by atoms with Gasteiger partial charge in [0.1, 0.15) is 6.61 Å². The summed E-state index contributed by atoms with van der Waals surface area (Å²) in [6, 6.07) is 1.92. The van der Waals surface area contributed by atoms with Gasteiger partial charge in [-0.2, -0.15) is 0 Å². The molecule has 0 amide bonds. The zero-order valence-electron chi connectivity index (χ0n) is 8.29. The minimum Gasteiger partial charge on any atom is -0.476 e. The van der Waals surface area contributed by atoms with Crippen LogP contribution in [0.15, 0.2) is 6.07 Å². The molecule has 3 heteroatoms. The normalized spacial score (nSPS) is 9.15. The summed E-state index contributed by atoms with van der Waals surface area (Å²) in [6.45, 7) is 4.42. The Morgan fingerprint density at radius 3 is 2.92 bits per heavy atom. The Kier molecular flexibility index (Phi) is 3.39. The second-order valence-corrected chi connectivity index (χ2v) is 2.77. The second kappa shape index (κ2) is 4.56. The first-order valence-corrected chi connectivity index (χ1v) is 4.27. The smallest absolute Gasteiger partial charge is 0.233 e. The fraction of sp³-hybridized carbons (Fsp3) is 0.500. The van der Waals surface area contributed by atoms with Gasteiger partial charge in [-0.25, -0.2) is 0 Å². The summed E-state index contributed by atoms with van der Waals surface area (Å²) in [6.07, 6.45) is 0.756. The van der Waals surface area contributed by atoms with Crippen molar-refractivity contribution in [1.29, 1.82) is 0 Å². The van der Waals surface area contributed by atoms with Crippen molar-refractivity contribution in [1.82, 2.24) is 9.78 Å². The predicted molar refractivity (Wildman–Crippen MR) is 51.5 cm³/mol. The van der Waals surface area contributed by atoms with E-state index in [1.54, 1.807) is 4.68 Å². The van der Waals surface area contributed by atoms with E-state index in [-0.39, 0.29) is 0 Å². The second-order valence-electron chi connectivity index (χ2n) is 2.77. The molecule has 0 spiro atoms. The van der Waals surface area contributed by atoms with E-state index in [1.165, 1.54) is 0 Å². The van der Waals surface area contributed by atoms with Crippen LogP contribution in [0.5, 0.6) is 5.88 Å². The Balaban J connectivity index is 2.40. The number of hydrogen-bond acceptors (Lipinski definition) is 2. The average molecular weight is 178 g/mol. The van der Waals surface area contributed by atoms with Crippen molar-refractivity contribution in [3.63, 3.8) is 0 Å². The van der Waals surface area contributed by atoms with Crippen LogP contribution in [0.3, 0.4) is 0 Å². The van der Waals surface area contributed by atoms with Gasteiger partial charge in [0.15, 0.2) is 0 Å². The summed E-state index contributed by atoms with van der Waals surface area (Å²) in [4.78, 5) is 0. The number of aryl methyl sites for hydroxylation is 2. The molecule has 70 valence electrons. The Labute approximate surface area is 78.7 Å². The van der Waals surface area contributed by atoms with Crippen LogP contribution < -0.4 is 4.74 Å². The molecular weight excluding hydrogens is 164 g/mol. The molecule has 0 fully saturated rings. The maximum absolute atomic E-state index is 5.38. The lowest BCUT2D eigenvalue weighted by molar-refractivity contribution is 0.311. The SMILES string of the molecule is CC#CCCOc1cc(C)n(C)n1. The first kappa shape index (κ1) is 9.66. The highest BCUT2D eigenvalue weighted by atomic mass is 16.5. The van der Waals surface area contributed by atoms with Crippen molar-refractivity contribution >= 4 is 0 Å². The largest absolute Gasteiger partial charge is 0.476 e. The summed E-state index contributed by atoms with van der Waals surface area (Å²) in [5, 5.41) is 4.15. The summed E-state index contributed by atoms with van der Waals surface area (Å²) < 4.78 is 7.17. The minimum absolute atomic E-state index is 0.608. The van der Waals surface area contributed by atoms with Crippen LogP contribution in [0.2, 0.25) is 0 Å². The highest BCUT2D eigenvalue weighted by molar-refractivity contribution is 5.13. The van der Waals surface area contributed by atoms with Gasteiger partial charge in [0.05, 0.1) is 0 Å². The van der Waals surface area contributed by atoms with E-state index >= 15 is 0 Å². The Hall–Kier alpha value is -1.43. The molecule has 1 rings (SSSR count). The standard InChI is InChI=1S/C10H14N2O/c1-4-5-6-7-13-10-8-9(2)12(3)11-10/h8H,6-7H2,1-3H3. The number of ether oxygens (including phenoxy) is 1.